The quantitative estimate of drug-likeness (QED) is 0.472. The molecule has 0 aromatic heterocycles. The molecule has 0 bridgehead atoms. The van der Waals surface area contributed by atoms with Crippen molar-refractivity contribution in [2.24, 2.45) is 0 Å². The molecule has 0 unspecified atom stereocenters. The standard InChI is InChI=1S/C9H15Br/c1-9(2)7-5-3-4-6-8-10/h3-4H,1,5-8H2,2H3/b4-3+. The lowest BCUT2D eigenvalue weighted by Crippen LogP contribution is -1.72. The summed E-state index contributed by atoms with van der Waals surface area (Å²) in [5.74, 6) is 0. The van der Waals surface area contributed by atoms with Crippen LogP contribution in [0.4, 0.5) is 0 Å². The van der Waals surface area contributed by atoms with Crippen molar-refractivity contribution in [3.63, 3.8) is 0 Å². The maximum absolute atomic E-state index is 3.83. The fraction of sp³-hybridized carbons (Fsp3) is 0.556. The predicted octanol–water partition coefficient (Wildman–Crippen LogP) is 3.68. The summed E-state index contributed by atoms with van der Waals surface area (Å²) in [7, 11) is 0. The van der Waals surface area contributed by atoms with Crippen LogP contribution in [-0.4, -0.2) is 5.33 Å². The molecule has 0 saturated carbocycles. The third kappa shape index (κ3) is 7.96. The Labute approximate surface area is 72.1 Å². The normalized spacial score (nSPS) is 10.6. The zero-order chi connectivity index (χ0) is 7.82. The Kier molecular flexibility index (Phi) is 7.04. The SMILES string of the molecule is C=C(C)CC/C=C/CCBr. The monoisotopic (exact) mass is 202 g/mol. The average Bonchev–Trinajstić information content (AvgIpc) is 1.87. The minimum absolute atomic E-state index is 1.07. The Morgan fingerprint density at radius 2 is 2.00 bits per heavy atom. The van der Waals surface area contributed by atoms with Crippen LogP contribution in [0.25, 0.3) is 0 Å². The van der Waals surface area contributed by atoms with E-state index < -0.39 is 0 Å². The van der Waals surface area contributed by atoms with Crippen molar-refractivity contribution in [2.75, 3.05) is 5.33 Å². The largest absolute Gasteiger partial charge is 0.100 e. The highest BCUT2D eigenvalue weighted by molar-refractivity contribution is 9.09. The van der Waals surface area contributed by atoms with E-state index >= 15 is 0 Å². The number of hydrogen-bond acceptors (Lipinski definition) is 0. The smallest absolute Gasteiger partial charge is 0.00659 e. The molecule has 0 aliphatic heterocycles. The second-order valence-electron chi connectivity index (χ2n) is 2.44. The van der Waals surface area contributed by atoms with E-state index in [1.807, 2.05) is 0 Å². The summed E-state index contributed by atoms with van der Waals surface area (Å²) in [6, 6.07) is 0. The van der Waals surface area contributed by atoms with Gasteiger partial charge in [0.15, 0.2) is 0 Å². The molecule has 0 atom stereocenters. The number of allylic oxidation sites excluding steroid dienone is 3. The number of halogens is 1. The Bertz CT molecular complexity index is 114. The molecule has 0 aromatic rings. The highest BCUT2D eigenvalue weighted by Gasteiger charge is 1.81. The van der Waals surface area contributed by atoms with Crippen molar-refractivity contribution >= 4 is 15.9 Å². The number of hydrogen-bond donors (Lipinski definition) is 0. The fourth-order valence-electron chi connectivity index (χ4n) is 0.628. The minimum atomic E-state index is 1.07. The molecule has 0 spiro atoms. The molecular weight excluding hydrogens is 188 g/mol. The molecule has 0 N–H and O–H groups in total. The zero-order valence-electron chi connectivity index (χ0n) is 6.57. The first-order valence-electron chi connectivity index (χ1n) is 3.62. The lowest BCUT2D eigenvalue weighted by molar-refractivity contribution is 0.977. The minimum Gasteiger partial charge on any atom is -0.100 e. The van der Waals surface area contributed by atoms with Gasteiger partial charge in [-0.2, -0.15) is 0 Å². The van der Waals surface area contributed by atoms with Crippen LogP contribution in [0.2, 0.25) is 0 Å². The van der Waals surface area contributed by atoms with Crippen LogP contribution in [0.1, 0.15) is 26.2 Å². The van der Waals surface area contributed by atoms with Crippen molar-refractivity contribution in [1.29, 1.82) is 0 Å². The van der Waals surface area contributed by atoms with Gasteiger partial charge in [0.1, 0.15) is 0 Å². The van der Waals surface area contributed by atoms with E-state index in [0.29, 0.717) is 0 Å². The second kappa shape index (κ2) is 7.07. The lowest BCUT2D eigenvalue weighted by atomic mass is 10.2. The van der Waals surface area contributed by atoms with Gasteiger partial charge >= 0.3 is 0 Å². The predicted molar refractivity (Wildman–Crippen MR) is 51.6 cm³/mol. The molecule has 0 amide bonds. The van der Waals surface area contributed by atoms with E-state index in [4.69, 9.17) is 0 Å². The Balaban J connectivity index is 3.10. The van der Waals surface area contributed by atoms with E-state index in [1.54, 1.807) is 0 Å². The highest BCUT2D eigenvalue weighted by atomic mass is 79.9. The van der Waals surface area contributed by atoms with Crippen molar-refractivity contribution in [3.8, 4) is 0 Å². The Hall–Kier alpha value is -0.0400. The number of alkyl halides is 1. The van der Waals surface area contributed by atoms with Gasteiger partial charge in [-0.15, -0.1) is 6.58 Å². The summed E-state index contributed by atoms with van der Waals surface area (Å²) in [4.78, 5) is 0. The molecule has 0 aliphatic carbocycles. The first-order valence-corrected chi connectivity index (χ1v) is 4.75. The van der Waals surface area contributed by atoms with Gasteiger partial charge in [0, 0.05) is 5.33 Å². The van der Waals surface area contributed by atoms with E-state index in [2.05, 4.69) is 41.6 Å². The van der Waals surface area contributed by atoms with Gasteiger partial charge in [-0.05, 0) is 26.2 Å². The fourth-order valence-corrected chi connectivity index (χ4v) is 0.893. The Morgan fingerprint density at radius 3 is 2.50 bits per heavy atom. The second-order valence-corrected chi connectivity index (χ2v) is 3.24. The molecule has 1 heteroatoms. The highest BCUT2D eigenvalue weighted by Crippen LogP contribution is 2.01. The molecule has 0 nitrogen and oxygen atoms in total. The average molecular weight is 203 g/mol. The van der Waals surface area contributed by atoms with Gasteiger partial charge in [-0.3, -0.25) is 0 Å². The third-order valence-corrected chi connectivity index (χ3v) is 1.64. The van der Waals surface area contributed by atoms with Gasteiger partial charge in [-0.1, -0.05) is 33.7 Å². The van der Waals surface area contributed by atoms with E-state index in [9.17, 15) is 0 Å². The molecule has 0 aliphatic rings. The summed E-state index contributed by atoms with van der Waals surface area (Å²) in [5, 5.41) is 1.07. The van der Waals surface area contributed by atoms with Crippen molar-refractivity contribution < 1.29 is 0 Å². The maximum atomic E-state index is 3.83. The summed E-state index contributed by atoms with van der Waals surface area (Å²) >= 11 is 3.36. The molecule has 0 heterocycles. The van der Waals surface area contributed by atoms with Crippen LogP contribution in [-0.2, 0) is 0 Å². The molecule has 0 saturated heterocycles. The first kappa shape index (κ1) is 9.96. The molecule has 0 aromatic carbocycles. The molecular formula is C9H15Br. The van der Waals surface area contributed by atoms with Gasteiger partial charge in [-0.25, -0.2) is 0 Å². The Morgan fingerprint density at radius 1 is 1.40 bits per heavy atom. The van der Waals surface area contributed by atoms with Gasteiger partial charge < -0.3 is 0 Å². The number of rotatable bonds is 5. The first-order chi connectivity index (χ1) is 4.77. The summed E-state index contributed by atoms with van der Waals surface area (Å²) < 4.78 is 0. The van der Waals surface area contributed by atoms with Gasteiger partial charge in [0.05, 0.1) is 0 Å². The van der Waals surface area contributed by atoms with Gasteiger partial charge in [0.25, 0.3) is 0 Å². The van der Waals surface area contributed by atoms with Crippen LogP contribution >= 0.6 is 15.9 Å². The van der Waals surface area contributed by atoms with Crippen LogP contribution in [0, 0.1) is 0 Å². The summed E-state index contributed by atoms with van der Waals surface area (Å²) in [6.07, 6.45) is 7.82. The summed E-state index contributed by atoms with van der Waals surface area (Å²) in [6.45, 7) is 5.90. The topological polar surface area (TPSA) is 0 Å². The van der Waals surface area contributed by atoms with Crippen molar-refractivity contribution in [3.05, 3.63) is 24.3 Å². The molecule has 0 fully saturated rings. The molecule has 0 rings (SSSR count). The van der Waals surface area contributed by atoms with Crippen LogP contribution in [0.15, 0.2) is 24.3 Å². The molecule has 58 valence electrons. The van der Waals surface area contributed by atoms with Crippen LogP contribution < -0.4 is 0 Å². The van der Waals surface area contributed by atoms with E-state index in [0.717, 1.165) is 24.6 Å². The van der Waals surface area contributed by atoms with Crippen molar-refractivity contribution in [1.82, 2.24) is 0 Å². The lowest BCUT2D eigenvalue weighted by Gasteiger charge is -1.91. The molecule has 0 radical (unpaired) electrons. The molecule has 10 heavy (non-hydrogen) atoms. The van der Waals surface area contributed by atoms with Crippen molar-refractivity contribution in [2.45, 2.75) is 26.2 Å². The maximum Gasteiger partial charge on any atom is 0.00659 e. The van der Waals surface area contributed by atoms with Gasteiger partial charge in [0.2, 0.25) is 0 Å². The van der Waals surface area contributed by atoms with Crippen LogP contribution in [0.5, 0.6) is 0 Å². The third-order valence-electron chi connectivity index (χ3n) is 1.18. The van der Waals surface area contributed by atoms with Crippen LogP contribution in [0.3, 0.4) is 0 Å². The summed E-state index contributed by atoms with van der Waals surface area (Å²) in [5.41, 5.74) is 1.27. The van der Waals surface area contributed by atoms with E-state index in [-0.39, 0.29) is 0 Å². The zero-order valence-corrected chi connectivity index (χ0v) is 8.15. The van der Waals surface area contributed by atoms with E-state index in [1.165, 1.54) is 5.57 Å².